The van der Waals surface area contributed by atoms with E-state index in [0.29, 0.717) is 24.5 Å². The molecule has 0 unspecified atom stereocenters. The largest absolute Gasteiger partial charge is 0.450 e. The van der Waals surface area contributed by atoms with Crippen molar-refractivity contribution in [1.29, 1.82) is 0 Å². The minimum atomic E-state index is -0.516. The molecule has 0 bridgehead atoms. The lowest BCUT2D eigenvalue weighted by Crippen LogP contribution is -2.23. The second-order valence-electron chi connectivity index (χ2n) is 6.16. The first-order valence-electron chi connectivity index (χ1n) is 8.99. The molecule has 0 spiro atoms. The highest BCUT2D eigenvalue weighted by molar-refractivity contribution is 5.84. The molecule has 1 heterocycles. The van der Waals surface area contributed by atoms with Crippen LogP contribution in [-0.2, 0) is 17.8 Å². The molecular formula is C21H22N4O3. The molecule has 7 nitrogen and oxygen atoms in total. The number of rotatable bonds is 6. The van der Waals surface area contributed by atoms with E-state index in [9.17, 15) is 9.59 Å². The SMILES string of the molecule is CCOC(=O)Nc1cccc(Cn2nc(-c3ccc(CN)cc3)ccc2=O)c1. The Morgan fingerprint density at radius 3 is 2.61 bits per heavy atom. The number of hydrogen-bond acceptors (Lipinski definition) is 5. The van der Waals surface area contributed by atoms with Gasteiger partial charge in [-0.2, -0.15) is 5.10 Å². The van der Waals surface area contributed by atoms with Gasteiger partial charge in [0.2, 0.25) is 0 Å². The van der Waals surface area contributed by atoms with Crippen molar-refractivity contribution < 1.29 is 9.53 Å². The standard InChI is InChI=1S/C21H22N4O3/c1-2-28-21(27)23-18-5-3-4-16(12-18)14-25-20(26)11-10-19(24-25)17-8-6-15(13-22)7-9-17/h3-12H,2,13-14,22H2,1H3,(H,23,27). The van der Waals surface area contributed by atoms with Crippen LogP contribution in [0.1, 0.15) is 18.1 Å². The van der Waals surface area contributed by atoms with Crippen LogP contribution in [0.3, 0.4) is 0 Å². The van der Waals surface area contributed by atoms with Gasteiger partial charge in [0.05, 0.1) is 18.8 Å². The summed E-state index contributed by atoms with van der Waals surface area (Å²) in [4.78, 5) is 23.8. The molecule has 2 aromatic carbocycles. The summed E-state index contributed by atoms with van der Waals surface area (Å²) in [5, 5.41) is 7.13. The molecule has 0 saturated heterocycles. The zero-order valence-corrected chi connectivity index (χ0v) is 15.6. The molecule has 3 rings (SSSR count). The molecule has 0 saturated carbocycles. The van der Waals surface area contributed by atoms with E-state index < -0.39 is 6.09 Å². The quantitative estimate of drug-likeness (QED) is 0.687. The van der Waals surface area contributed by atoms with E-state index in [0.717, 1.165) is 16.7 Å². The number of anilines is 1. The number of nitrogens with one attached hydrogen (secondary N) is 1. The van der Waals surface area contributed by atoms with Crippen molar-refractivity contribution in [3.63, 3.8) is 0 Å². The number of aromatic nitrogens is 2. The first-order chi connectivity index (χ1) is 13.6. The molecule has 3 aromatic rings. The van der Waals surface area contributed by atoms with Gasteiger partial charge in [0.1, 0.15) is 0 Å². The van der Waals surface area contributed by atoms with Crippen molar-refractivity contribution >= 4 is 11.8 Å². The number of carbonyl (C=O) groups is 1. The van der Waals surface area contributed by atoms with E-state index in [1.165, 1.54) is 10.7 Å². The van der Waals surface area contributed by atoms with Crippen LogP contribution in [0.2, 0.25) is 0 Å². The summed E-state index contributed by atoms with van der Waals surface area (Å²) in [6, 6.07) is 18.2. The fourth-order valence-corrected chi connectivity index (χ4v) is 2.73. The maximum Gasteiger partial charge on any atom is 0.411 e. The van der Waals surface area contributed by atoms with Crippen LogP contribution in [-0.4, -0.2) is 22.5 Å². The first kappa shape index (κ1) is 19.3. The molecule has 0 aliphatic heterocycles. The Bertz CT molecular complexity index is 1010. The van der Waals surface area contributed by atoms with Crippen LogP contribution in [0, 0.1) is 0 Å². The number of nitrogens with two attached hydrogens (primary N) is 1. The topological polar surface area (TPSA) is 99.2 Å². The average Bonchev–Trinajstić information content (AvgIpc) is 2.70. The van der Waals surface area contributed by atoms with Gasteiger partial charge in [0, 0.05) is 23.9 Å². The minimum absolute atomic E-state index is 0.203. The van der Waals surface area contributed by atoms with Crippen molar-refractivity contribution in [2.24, 2.45) is 5.73 Å². The predicted octanol–water partition coefficient (Wildman–Crippen LogP) is 2.99. The molecule has 0 aliphatic carbocycles. The monoisotopic (exact) mass is 378 g/mol. The number of amides is 1. The van der Waals surface area contributed by atoms with E-state index in [-0.39, 0.29) is 12.1 Å². The Morgan fingerprint density at radius 2 is 1.89 bits per heavy atom. The lowest BCUT2D eigenvalue weighted by atomic mass is 10.1. The van der Waals surface area contributed by atoms with Crippen molar-refractivity contribution in [2.45, 2.75) is 20.0 Å². The zero-order valence-electron chi connectivity index (χ0n) is 15.6. The summed E-state index contributed by atoms with van der Waals surface area (Å²) in [7, 11) is 0. The Morgan fingerprint density at radius 1 is 1.11 bits per heavy atom. The summed E-state index contributed by atoms with van der Waals surface area (Å²) >= 11 is 0. The van der Waals surface area contributed by atoms with Gasteiger partial charge >= 0.3 is 6.09 Å². The number of carbonyl (C=O) groups excluding carboxylic acids is 1. The Labute approximate surface area is 162 Å². The third kappa shape index (κ3) is 4.83. The molecular weight excluding hydrogens is 356 g/mol. The molecule has 28 heavy (non-hydrogen) atoms. The normalized spacial score (nSPS) is 10.5. The highest BCUT2D eigenvalue weighted by Crippen LogP contribution is 2.17. The van der Waals surface area contributed by atoms with Crippen LogP contribution in [0.4, 0.5) is 10.5 Å². The van der Waals surface area contributed by atoms with Crippen molar-refractivity contribution in [1.82, 2.24) is 9.78 Å². The highest BCUT2D eigenvalue weighted by atomic mass is 16.5. The van der Waals surface area contributed by atoms with E-state index in [4.69, 9.17) is 10.5 Å². The molecule has 0 aliphatic rings. The molecule has 0 fully saturated rings. The van der Waals surface area contributed by atoms with Gasteiger partial charge in [0.15, 0.2) is 0 Å². The van der Waals surface area contributed by atoms with Gasteiger partial charge in [-0.25, -0.2) is 9.48 Å². The maximum atomic E-state index is 12.2. The third-order valence-corrected chi connectivity index (χ3v) is 4.13. The van der Waals surface area contributed by atoms with Gasteiger partial charge in [-0.05, 0) is 36.2 Å². The number of ether oxygens (including phenoxy) is 1. The first-order valence-corrected chi connectivity index (χ1v) is 8.99. The number of hydrogen-bond donors (Lipinski definition) is 2. The Balaban J connectivity index is 1.82. The van der Waals surface area contributed by atoms with Gasteiger partial charge in [-0.1, -0.05) is 36.4 Å². The highest BCUT2D eigenvalue weighted by Gasteiger charge is 2.07. The van der Waals surface area contributed by atoms with Gasteiger partial charge in [-0.3, -0.25) is 10.1 Å². The molecule has 144 valence electrons. The van der Waals surface area contributed by atoms with Crippen LogP contribution >= 0.6 is 0 Å². The van der Waals surface area contributed by atoms with Crippen LogP contribution in [0.15, 0.2) is 65.5 Å². The summed E-state index contributed by atoms with van der Waals surface area (Å²) in [6.45, 7) is 2.80. The molecule has 1 amide bonds. The number of benzene rings is 2. The lowest BCUT2D eigenvalue weighted by molar-refractivity contribution is 0.168. The second kappa shape index (κ2) is 8.96. The summed E-state index contributed by atoms with van der Waals surface area (Å²) in [5.74, 6) is 0. The fourth-order valence-electron chi connectivity index (χ4n) is 2.73. The van der Waals surface area contributed by atoms with Crippen molar-refractivity contribution in [2.75, 3.05) is 11.9 Å². The Kier molecular flexibility index (Phi) is 6.18. The van der Waals surface area contributed by atoms with E-state index in [1.807, 2.05) is 30.3 Å². The summed E-state index contributed by atoms with van der Waals surface area (Å²) in [5.41, 5.74) is 9.49. The predicted molar refractivity (Wildman–Crippen MR) is 108 cm³/mol. The van der Waals surface area contributed by atoms with E-state index >= 15 is 0 Å². The second-order valence-corrected chi connectivity index (χ2v) is 6.16. The van der Waals surface area contributed by atoms with E-state index in [1.54, 1.807) is 31.2 Å². The summed E-state index contributed by atoms with van der Waals surface area (Å²) < 4.78 is 6.28. The van der Waals surface area contributed by atoms with Gasteiger partial charge in [-0.15, -0.1) is 0 Å². The molecule has 1 aromatic heterocycles. The van der Waals surface area contributed by atoms with Gasteiger partial charge < -0.3 is 10.5 Å². The molecule has 7 heteroatoms. The molecule has 0 radical (unpaired) electrons. The van der Waals surface area contributed by atoms with Crippen molar-refractivity contribution in [3.8, 4) is 11.3 Å². The van der Waals surface area contributed by atoms with E-state index in [2.05, 4.69) is 10.4 Å². The van der Waals surface area contributed by atoms with Crippen LogP contribution in [0.25, 0.3) is 11.3 Å². The summed E-state index contributed by atoms with van der Waals surface area (Å²) in [6.07, 6.45) is -0.516. The number of nitrogens with zero attached hydrogens (tertiary/aromatic N) is 2. The molecule has 3 N–H and O–H groups in total. The minimum Gasteiger partial charge on any atom is -0.450 e. The smallest absolute Gasteiger partial charge is 0.411 e. The fraction of sp³-hybridized carbons (Fsp3) is 0.190. The van der Waals surface area contributed by atoms with Crippen LogP contribution < -0.4 is 16.6 Å². The van der Waals surface area contributed by atoms with Crippen molar-refractivity contribution in [3.05, 3.63) is 82.1 Å². The zero-order chi connectivity index (χ0) is 19.9. The van der Waals surface area contributed by atoms with Gasteiger partial charge in [0.25, 0.3) is 5.56 Å². The lowest BCUT2D eigenvalue weighted by Gasteiger charge is -2.10. The Hall–Kier alpha value is -3.45. The average molecular weight is 378 g/mol. The maximum absolute atomic E-state index is 12.2. The molecule has 0 atom stereocenters. The van der Waals surface area contributed by atoms with Crippen LogP contribution in [0.5, 0.6) is 0 Å². The third-order valence-electron chi connectivity index (χ3n) is 4.13.